The number of carbonyl (C=O) groups is 1. The number of aliphatic carboxylic acids is 1. The summed E-state index contributed by atoms with van der Waals surface area (Å²) in [4.78, 5) is 10.7. The molecule has 1 saturated heterocycles. The Bertz CT molecular complexity index is 354. The van der Waals surface area contributed by atoms with Crippen LogP contribution in [0.4, 0.5) is 0 Å². The molecule has 4 nitrogen and oxygen atoms in total. The summed E-state index contributed by atoms with van der Waals surface area (Å²) in [7, 11) is 0. The molecule has 2 heterocycles. The van der Waals surface area contributed by atoms with E-state index in [0.29, 0.717) is 5.75 Å². The van der Waals surface area contributed by atoms with Crippen molar-refractivity contribution in [3.05, 3.63) is 22.6 Å². The molecule has 1 aromatic heterocycles. The van der Waals surface area contributed by atoms with Crippen LogP contribution in [0.2, 0.25) is 0 Å². The van der Waals surface area contributed by atoms with Gasteiger partial charge in [-0.3, -0.25) is 10.1 Å². The Labute approximate surface area is 93.2 Å². The Balaban J connectivity index is 2.10. The molecule has 0 bridgehead atoms. The lowest BCUT2D eigenvalue weighted by Gasteiger charge is -2.08. The Hall–Kier alpha value is -0.460. The molecule has 14 heavy (non-hydrogen) atoms. The van der Waals surface area contributed by atoms with Crippen molar-refractivity contribution in [1.29, 1.82) is 0 Å². The molecule has 0 radical (unpaired) electrons. The zero-order valence-electron chi connectivity index (χ0n) is 7.07. The minimum absolute atomic E-state index is 0.0690. The van der Waals surface area contributed by atoms with Crippen molar-refractivity contribution in [2.24, 2.45) is 0 Å². The highest BCUT2D eigenvalue weighted by Gasteiger charge is 2.32. The van der Waals surface area contributed by atoms with Gasteiger partial charge in [-0.2, -0.15) is 0 Å². The molecule has 1 aromatic rings. The van der Waals surface area contributed by atoms with Crippen LogP contribution in [0.15, 0.2) is 21.2 Å². The molecule has 1 aliphatic rings. The maximum absolute atomic E-state index is 10.7. The van der Waals surface area contributed by atoms with Crippen molar-refractivity contribution in [3.63, 3.8) is 0 Å². The average molecular weight is 278 g/mol. The Morgan fingerprint density at radius 3 is 3.07 bits per heavy atom. The van der Waals surface area contributed by atoms with Gasteiger partial charge in [-0.1, -0.05) is 0 Å². The van der Waals surface area contributed by atoms with E-state index in [1.165, 1.54) is 11.8 Å². The summed E-state index contributed by atoms with van der Waals surface area (Å²) in [5.74, 6) is 0.495. The summed E-state index contributed by atoms with van der Waals surface area (Å²) in [5.41, 5.74) is 0. The van der Waals surface area contributed by atoms with E-state index < -0.39 is 12.0 Å². The van der Waals surface area contributed by atoms with Crippen LogP contribution in [-0.4, -0.2) is 22.9 Å². The van der Waals surface area contributed by atoms with Crippen LogP contribution in [0.25, 0.3) is 0 Å². The molecule has 76 valence electrons. The van der Waals surface area contributed by atoms with Crippen molar-refractivity contribution in [2.75, 3.05) is 5.75 Å². The van der Waals surface area contributed by atoms with Gasteiger partial charge in [0.1, 0.15) is 17.2 Å². The number of hydrogen-bond acceptors (Lipinski definition) is 4. The third kappa shape index (κ3) is 1.82. The Morgan fingerprint density at radius 1 is 1.79 bits per heavy atom. The maximum atomic E-state index is 10.7. The molecule has 2 atom stereocenters. The number of carboxylic acids is 1. The van der Waals surface area contributed by atoms with Crippen LogP contribution in [0.3, 0.4) is 0 Å². The minimum atomic E-state index is -0.817. The molecule has 2 rings (SSSR count). The Kier molecular flexibility index (Phi) is 2.85. The summed E-state index contributed by atoms with van der Waals surface area (Å²) in [6.45, 7) is 0. The zero-order chi connectivity index (χ0) is 10.1. The fraction of sp³-hybridized carbons (Fsp3) is 0.375. The van der Waals surface area contributed by atoms with E-state index in [9.17, 15) is 4.79 Å². The van der Waals surface area contributed by atoms with Gasteiger partial charge in [0.05, 0.1) is 10.7 Å². The Morgan fingerprint density at radius 2 is 2.57 bits per heavy atom. The predicted molar refractivity (Wildman–Crippen MR) is 56.2 cm³/mol. The predicted octanol–water partition coefficient (Wildman–Crippen LogP) is 1.83. The van der Waals surface area contributed by atoms with E-state index in [2.05, 4.69) is 21.2 Å². The fourth-order valence-corrected chi connectivity index (χ4v) is 3.06. The van der Waals surface area contributed by atoms with Crippen LogP contribution in [-0.2, 0) is 4.79 Å². The summed E-state index contributed by atoms with van der Waals surface area (Å²) < 4.78 is 6.12. The molecule has 2 N–H and O–H groups in total. The number of halogens is 1. The first-order valence-corrected chi connectivity index (χ1v) is 5.86. The van der Waals surface area contributed by atoms with Crippen molar-refractivity contribution in [3.8, 4) is 0 Å². The highest BCUT2D eigenvalue weighted by atomic mass is 79.9. The van der Waals surface area contributed by atoms with Crippen LogP contribution in [0.1, 0.15) is 11.1 Å². The lowest BCUT2D eigenvalue weighted by Crippen LogP contribution is -2.33. The summed E-state index contributed by atoms with van der Waals surface area (Å²) in [6.07, 6.45) is 1.58. The van der Waals surface area contributed by atoms with E-state index in [1.54, 1.807) is 12.3 Å². The SMILES string of the molecule is O=C(O)[C@@H]1CSC(c2occc2Br)N1. The second kappa shape index (κ2) is 3.96. The molecule has 1 fully saturated rings. The lowest BCUT2D eigenvalue weighted by atomic mass is 10.3. The van der Waals surface area contributed by atoms with Crippen LogP contribution < -0.4 is 5.32 Å². The second-order valence-corrected chi connectivity index (χ2v) is 4.90. The van der Waals surface area contributed by atoms with E-state index in [0.717, 1.165) is 10.2 Å². The summed E-state index contributed by atoms with van der Waals surface area (Å²) >= 11 is 4.87. The van der Waals surface area contributed by atoms with Gasteiger partial charge in [0.25, 0.3) is 0 Å². The second-order valence-electron chi connectivity index (χ2n) is 2.90. The minimum Gasteiger partial charge on any atom is -0.480 e. The summed E-state index contributed by atoms with van der Waals surface area (Å²) in [6, 6.07) is 1.31. The van der Waals surface area contributed by atoms with Gasteiger partial charge in [-0.25, -0.2) is 0 Å². The highest BCUT2D eigenvalue weighted by Crippen LogP contribution is 2.36. The zero-order valence-corrected chi connectivity index (χ0v) is 9.47. The van der Waals surface area contributed by atoms with Gasteiger partial charge >= 0.3 is 5.97 Å². The van der Waals surface area contributed by atoms with Crippen molar-refractivity contribution < 1.29 is 14.3 Å². The van der Waals surface area contributed by atoms with E-state index in [-0.39, 0.29) is 5.37 Å². The first-order valence-electron chi connectivity index (χ1n) is 4.02. The molecular formula is C8H8BrNO3S. The van der Waals surface area contributed by atoms with E-state index in [1.807, 2.05) is 0 Å². The largest absolute Gasteiger partial charge is 0.480 e. The van der Waals surface area contributed by atoms with Crippen LogP contribution in [0, 0.1) is 0 Å². The third-order valence-corrected chi connectivity index (χ3v) is 3.83. The van der Waals surface area contributed by atoms with Gasteiger partial charge in [0.2, 0.25) is 0 Å². The van der Waals surface area contributed by atoms with E-state index in [4.69, 9.17) is 9.52 Å². The summed E-state index contributed by atoms with van der Waals surface area (Å²) in [5, 5.41) is 11.7. The number of nitrogens with one attached hydrogen (secondary N) is 1. The third-order valence-electron chi connectivity index (χ3n) is 1.96. The highest BCUT2D eigenvalue weighted by molar-refractivity contribution is 9.10. The fourth-order valence-electron chi connectivity index (χ4n) is 1.26. The number of furan rings is 1. The molecule has 1 aliphatic heterocycles. The molecule has 6 heteroatoms. The number of hydrogen-bond donors (Lipinski definition) is 2. The van der Waals surface area contributed by atoms with Gasteiger partial charge in [0, 0.05) is 5.75 Å². The molecule has 0 aliphatic carbocycles. The molecule has 0 spiro atoms. The topological polar surface area (TPSA) is 62.5 Å². The molecule has 0 amide bonds. The maximum Gasteiger partial charge on any atom is 0.321 e. The first kappa shape index (κ1) is 10.1. The van der Waals surface area contributed by atoms with Crippen molar-refractivity contribution in [1.82, 2.24) is 5.32 Å². The van der Waals surface area contributed by atoms with Gasteiger partial charge in [0.15, 0.2) is 0 Å². The quantitative estimate of drug-likeness (QED) is 0.864. The van der Waals surface area contributed by atoms with Gasteiger partial charge in [-0.05, 0) is 22.0 Å². The number of rotatable bonds is 2. The first-order chi connectivity index (χ1) is 6.68. The molecular weight excluding hydrogens is 270 g/mol. The van der Waals surface area contributed by atoms with Crippen LogP contribution in [0.5, 0.6) is 0 Å². The normalized spacial score (nSPS) is 26.6. The lowest BCUT2D eigenvalue weighted by molar-refractivity contribution is -0.138. The van der Waals surface area contributed by atoms with Crippen LogP contribution >= 0.6 is 27.7 Å². The van der Waals surface area contributed by atoms with E-state index >= 15 is 0 Å². The molecule has 0 saturated carbocycles. The number of carboxylic acid groups (broad SMARTS) is 1. The van der Waals surface area contributed by atoms with Gasteiger partial charge in [-0.15, -0.1) is 11.8 Å². The van der Waals surface area contributed by atoms with Crippen molar-refractivity contribution >= 4 is 33.7 Å². The smallest absolute Gasteiger partial charge is 0.321 e. The standard InChI is InChI=1S/C8H8BrNO3S/c9-4-1-2-13-6(4)7-10-5(3-14-7)8(11)12/h1-2,5,7,10H,3H2,(H,11,12)/t5-,7?/m0/s1. The molecule has 0 aromatic carbocycles. The monoisotopic (exact) mass is 277 g/mol. The van der Waals surface area contributed by atoms with Crippen molar-refractivity contribution in [2.45, 2.75) is 11.4 Å². The number of thioether (sulfide) groups is 1. The van der Waals surface area contributed by atoms with Gasteiger partial charge < -0.3 is 9.52 Å². The molecule has 1 unspecified atom stereocenters. The average Bonchev–Trinajstić information content (AvgIpc) is 2.71.